The van der Waals surface area contributed by atoms with E-state index in [-0.39, 0.29) is 5.91 Å². The number of benzene rings is 2. The van der Waals surface area contributed by atoms with Gasteiger partial charge in [-0.1, -0.05) is 48.5 Å². The highest BCUT2D eigenvalue weighted by Crippen LogP contribution is 2.29. The molecule has 4 heteroatoms. The van der Waals surface area contributed by atoms with Gasteiger partial charge in [0.1, 0.15) is 0 Å². The highest BCUT2D eigenvalue weighted by atomic mass is 16.2. The van der Waals surface area contributed by atoms with Crippen molar-refractivity contribution >= 4 is 11.6 Å². The van der Waals surface area contributed by atoms with Gasteiger partial charge < -0.3 is 4.90 Å². The average Bonchev–Trinajstić information content (AvgIpc) is 2.99. The molecule has 3 heterocycles. The van der Waals surface area contributed by atoms with Gasteiger partial charge in [0.15, 0.2) is 0 Å². The van der Waals surface area contributed by atoms with E-state index in [9.17, 15) is 4.79 Å². The lowest BCUT2D eigenvalue weighted by atomic mass is 9.94. The number of carbonyl (C=O) groups excluding carboxylic acids is 1. The van der Waals surface area contributed by atoms with Crippen molar-refractivity contribution in [1.82, 2.24) is 9.80 Å². The molecule has 5 rings (SSSR count). The van der Waals surface area contributed by atoms with Gasteiger partial charge in [0.25, 0.3) is 0 Å². The molecule has 0 saturated carbocycles. The van der Waals surface area contributed by atoms with Gasteiger partial charge in [-0.25, -0.2) is 0 Å². The predicted octanol–water partition coefficient (Wildman–Crippen LogP) is 3.25. The number of para-hydroxylation sites is 1. The molecule has 2 bridgehead atoms. The van der Waals surface area contributed by atoms with E-state index in [1.54, 1.807) is 4.90 Å². The Kier molecular flexibility index (Phi) is 5.55. The van der Waals surface area contributed by atoms with Crippen LogP contribution in [0.5, 0.6) is 0 Å². The first-order valence-electron chi connectivity index (χ1n) is 10.0. The van der Waals surface area contributed by atoms with Crippen molar-refractivity contribution in [2.45, 2.75) is 25.4 Å². The quantitative estimate of drug-likeness (QED) is 0.816. The van der Waals surface area contributed by atoms with E-state index in [0.717, 1.165) is 31.9 Å². The standard InChI is InChI=1S/C23H29N3O/c1-24(21-10-6-3-7-11-21)23(27)18-25-14-20-12-13-22(17-25)26(16-20)15-19-8-4-2-5-9-19/h2-11,20,22H,12-18H2,1H3/t20-,22+/m0/s1. The summed E-state index contributed by atoms with van der Waals surface area (Å²) in [7, 11) is 1.88. The lowest BCUT2D eigenvalue weighted by molar-refractivity contribution is -0.119. The number of hydrogen-bond acceptors (Lipinski definition) is 3. The van der Waals surface area contributed by atoms with Gasteiger partial charge in [0.2, 0.25) is 5.91 Å². The molecule has 0 aliphatic carbocycles. The third-order valence-electron chi connectivity index (χ3n) is 6.01. The van der Waals surface area contributed by atoms with Crippen LogP contribution < -0.4 is 4.90 Å². The summed E-state index contributed by atoms with van der Waals surface area (Å²) in [6.07, 6.45) is 2.53. The number of rotatable bonds is 5. The van der Waals surface area contributed by atoms with Crippen LogP contribution >= 0.6 is 0 Å². The molecular weight excluding hydrogens is 334 g/mol. The molecular formula is C23H29N3O. The number of likely N-dealkylation sites (N-methyl/N-ethyl adjacent to an activating group) is 1. The number of carbonyl (C=O) groups is 1. The van der Waals surface area contributed by atoms with Crippen molar-refractivity contribution in [3.8, 4) is 0 Å². The predicted molar refractivity (Wildman–Crippen MR) is 110 cm³/mol. The van der Waals surface area contributed by atoms with Crippen LogP contribution in [-0.4, -0.2) is 55.0 Å². The van der Waals surface area contributed by atoms with Crippen LogP contribution in [0.15, 0.2) is 60.7 Å². The first kappa shape index (κ1) is 18.2. The largest absolute Gasteiger partial charge is 0.314 e. The molecule has 0 N–H and O–H groups in total. The lowest BCUT2D eigenvalue weighted by Crippen LogP contribution is -2.44. The second kappa shape index (κ2) is 8.24. The maximum atomic E-state index is 12.8. The van der Waals surface area contributed by atoms with E-state index < -0.39 is 0 Å². The Bertz CT molecular complexity index is 749. The molecule has 1 amide bonds. The summed E-state index contributed by atoms with van der Waals surface area (Å²) in [6.45, 7) is 4.72. The number of nitrogens with zero attached hydrogens (tertiary/aromatic N) is 3. The maximum Gasteiger partial charge on any atom is 0.240 e. The highest BCUT2D eigenvalue weighted by molar-refractivity contribution is 5.94. The minimum atomic E-state index is 0.178. The zero-order valence-corrected chi connectivity index (χ0v) is 16.1. The summed E-state index contributed by atoms with van der Waals surface area (Å²) in [4.78, 5) is 19.6. The highest BCUT2D eigenvalue weighted by Gasteiger charge is 2.35. The van der Waals surface area contributed by atoms with Crippen molar-refractivity contribution < 1.29 is 4.79 Å². The van der Waals surface area contributed by atoms with Crippen LogP contribution in [-0.2, 0) is 11.3 Å². The van der Waals surface area contributed by atoms with Crippen LogP contribution in [0.2, 0.25) is 0 Å². The average molecular weight is 364 g/mol. The van der Waals surface area contributed by atoms with Gasteiger partial charge >= 0.3 is 0 Å². The molecule has 2 atom stereocenters. The van der Waals surface area contributed by atoms with Crippen molar-refractivity contribution in [3.63, 3.8) is 0 Å². The monoisotopic (exact) mass is 363 g/mol. The summed E-state index contributed by atoms with van der Waals surface area (Å²) in [5.41, 5.74) is 2.35. The smallest absolute Gasteiger partial charge is 0.240 e. The number of fused-ring (bicyclic) bond motifs is 4. The Morgan fingerprint density at radius 1 is 0.963 bits per heavy atom. The van der Waals surface area contributed by atoms with Crippen molar-refractivity contribution in [3.05, 3.63) is 66.2 Å². The van der Waals surface area contributed by atoms with Crippen molar-refractivity contribution in [2.24, 2.45) is 5.92 Å². The van der Waals surface area contributed by atoms with E-state index in [1.165, 1.54) is 18.4 Å². The van der Waals surface area contributed by atoms with E-state index in [4.69, 9.17) is 0 Å². The second-order valence-electron chi connectivity index (χ2n) is 7.99. The van der Waals surface area contributed by atoms with Gasteiger partial charge in [0, 0.05) is 45.0 Å². The topological polar surface area (TPSA) is 26.8 Å². The number of hydrogen-bond donors (Lipinski definition) is 0. The summed E-state index contributed by atoms with van der Waals surface area (Å²) in [5, 5.41) is 0. The summed E-state index contributed by atoms with van der Waals surface area (Å²) in [5.74, 6) is 0.847. The van der Waals surface area contributed by atoms with Gasteiger partial charge in [-0.2, -0.15) is 0 Å². The van der Waals surface area contributed by atoms with Gasteiger partial charge in [-0.05, 0) is 36.5 Å². The van der Waals surface area contributed by atoms with Crippen LogP contribution in [0.3, 0.4) is 0 Å². The normalized spacial score (nSPS) is 23.1. The lowest BCUT2D eigenvalue weighted by Gasteiger charge is -2.36. The summed E-state index contributed by atoms with van der Waals surface area (Å²) >= 11 is 0. The Morgan fingerprint density at radius 2 is 1.67 bits per heavy atom. The third kappa shape index (κ3) is 4.40. The third-order valence-corrected chi connectivity index (χ3v) is 6.01. The minimum absolute atomic E-state index is 0.178. The molecule has 3 saturated heterocycles. The molecule has 0 aromatic heterocycles. The van der Waals surface area contributed by atoms with Crippen molar-refractivity contribution in [1.29, 1.82) is 0 Å². The molecule has 0 radical (unpaired) electrons. The fourth-order valence-electron chi connectivity index (χ4n) is 4.51. The molecule has 142 valence electrons. The van der Waals surface area contributed by atoms with Crippen LogP contribution in [0.1, 0.15) is 18.4 Å². The fraction of sp³-hybridized carbons (Fsp3) is 0.435. The van der Waals surface area contributed by atoms with E-state index in [1.807, 2.05) is 37.4 Å². The van der Waals surface area contributed by atoms with E-state index >= 15 is 0 Å². The molecule has 4 nitrogen and oxygen atoms in total. The molecule has 2 aromatic carbocycles. The molecule has 27 heavy (non-hydrogen) atoms. The number of amides is 1. The van der Waals surface area contributed by atoms with Gasteiger partial charge in [-0.15, -0.1) is 0 Å². The van der Waals surface area contributed by atoms with Gasteiger partial charge in [-0.3, -0.25) is 14.6 Å². The molecule has 0 unspecified atom stereocenters. The Hall–Kier alpha value is -2.17. The Morgan fingerprint density at radius 3 is 2.41 bits per heavy atom. The van der Waals surface area contributed by atoms with Gasteiger partial charge in [0.05, 0.1) is 6.54 Å². The van der Waals surface area contributed by atoms with E-state index in [2.05, 4.69) is 40.1 Å². The first-order chi connectivity index (χ1) is 13.2. The first-order valence-corrected chi connectivity index (χ1v) is 10.0. The fourth-order valence-corrected chi connectivity index (χ4v) is 4.51. The minimum Gasteiger partial charge on any atom is -0.314 e. The molecule has 3 aliphatic heterocycles. The number of piperidine rings is 1. The zero-order chi connectivity index (χ0) is 18.6. The molecule has 3 fully saturated rings. The van der Waals surface area contributed by atoms with Crippen LogP contribution in [0, 0.1) is 5.92 Å². The summed E-state index contributed by atoms with van der Waals surface area (Å²) in [6, 6.07) is 21.2. The van der Waals surface area contributed by atoms with E-state index in [0.29, 0.717) is 18.5 Å². The zero-order valence-electron chi connectivity index (χ0n) is 16.1. The van der Waals surface area contributed by atoms with Crippen molar-refractivity contribution in [2.75, 3.05) is 38.1 Å². The molecule has 3 aliphatic rings. The maximum absolute atomic E-state index is 12.8. The molecule has 0 spiro atoms. The van der Waals surface area contributed by atoms with Crippen LogP contribution in [0.4, 0.5) is 5.69 Å². The SMILES string of the molecule is CN(C(=O)CN1C[C@@H]2CC[C@H](C1)N(Cc1ccccc1)C2)c1ccccc1. The van der Waals surface area contributed by atoms with Crippen LogP contribution in [0.25, 0.3) is 0 Å². The molecule has 2 aromatic rings. The summed E-state index contributed by atoms with van der Waals surface area (Å²) < 4.78 is 0. The number of anilines is 1. The Balaban J connectivity index is 1.39. The second-order valence-corrected chi connectivity index (χ2v) is 7.99. The Labute approximate surface area is 162 Å².